The third kappa shape index (κ3) is 7.47. The first-order valence-electron chi connectivity index (χ1n) is 6.77. The topological polar surface area (TPSA) is 82.0 Å². The Balaban J connectivity index is 2.11. The third-order valence-electron chi connectivity index (χ3n) is 2.82. The minimum Gasteiger partial charge on any atom is -0.356 e. The SMILES string of the molecule is N#CCC(=O)NCCCNC(=O)CCc1ccccc1Br. The van der Waals surface area contributed by atoms with Gasteiger partial charge in [0.25, 0.3) is 0 Å². The van der Waals surface area contributed by atoms with E-state index in [9.17, 15) is 9.59 Å². The highest BCUT2D eigenvalue weighted by molar-refractivity contribution is 9.10. The molecule has 0 bridgehead atoms. The Morgan fingerprint density at radius 2 is 1.81 bits per heavy atom. The Morgan fingerprint density at radius 1 is 1.14 bits per heavy atom. The molecule has 5 nitrogen and oxygen atoms in total. The summed E-state index contributed by atoms with van der Waals surface area (Å²) >= 11 is 3.45. The molecular formula is C15H18BrN3O2. The highest BCUT2D eigenvalue weighted by atomic mass is 79.9. The average Bonchev–Trinajstić information content (AvgIpc) is 2.46. The zero-order valence-electron chi connectivity index (χ0n) is 11.7. The van der Waals surface area contributed by atoms with Crippen LogP contribution in [-0.4, -0.2) is 24.9 Å². The van der Waals surface area contributed by atoms with Crippen LogP contribution in [0.3, 0.4) is 0 Å². The van der Waals surface area contributed by atoms with Crippen molar-refractivity contribution in [1.82, 2.24) is 10.6 Å². The zero-order valence-corrected chi connectivity index (χ0v) is 13.3. The lowest BCUT2D eigenvalue weighted by Crippen LogP contribution is -2.29. The third-order valence-corrected chi connectivity index (χ3v) is 3.59. The number of carbonyl (C=O) groups is 2. The molecule has 2 amide bonds. The Bertz CT molecular complexity index is 526. The van der Waals surface area contributed by atoms with Crippen LogP contribution in [0.15, 0.2) is 28.7 Å². The predicted molar refractivity (Wildman–Crippen MR) is 83.3 cm³/mol. The summed E-state index contributed by atoms with van der Waals surface area (Å²) in [7, 11) is 0. The first kappa shape index (κ1) is 17.2. The molecule has 0 spiro atoms. The van der Waals surface area contributed by atoms with Crippen molar-refractivity contribution in [3.8, 4) is 6.07 Å². The number of rotatable bonds is 8. The summed E-state index contributed by atoms with van der Waals surface area (Å²) in [6, 6.07) is 9.61. The van der Waals surface area contributed by atoms with Crippen LogP contribution in [0.1, 0.15) is 24.8 Å². The molecule has 1 rings (SSSR count). The number of nitrogens with zero attached hydrogens (tertiary/aromatic N) is 1. The summed E-state index contributed by atoms with van der Waals surface area (Å²) in [5.41, 5.74) is 1.11. The first-order valence-corrected chi connectivity index (χ1v) is 7.56. The van der Waals surface area contributed by atoms with Crippen LogP contribution in [-0.2, 0) is 16.0 Å². The summed E-state index contributed by atoms with van der Waals surface area (Å²) in [6.07, 6.45) is 1.64. The molecular weight excluding hydrogens is 334 g/mol. The van der Waals surface area contributed by atoms with E-state index in [0.717, 1.165) is 10.0 Å². The molecule has 0 fully saturated rings. The molecule has 21 heavy (non-hydrogen) atoms. The molecule has 0 radical (unpaired) electrons. The standard InChI is InChI=1S/C15H18BrN3O2/c16-13-5-2-1-4-12(13)6-7-14(20)18-10-3-11-19-15(21)8-9-17/h1-2,4-5H,3,6-8,10-11H2,(H,18,20)(H,19,21). The van der Waals surface area contributed by atoms with E-state index in [1.807, 2.05) is 24.3 Å². The number of carbonyl (C=O) groups excluding carboxylic acids is 2. The Labute approximate surface area is 132 Å². The zero-order chi connectivity index (χ0) is 15.5. The van der Waals surface area contributed by atoms with Crippen molar-refractivity contribution in [2.24, 2.45) is 0 Å². The van der Waals surface area contributed by atoms with Crippen LogP contribution >= 0.6 is 15.9 Å². The largest absolute Gasteiger partial charge is 0.356 e. The van der Waals surface area contributed by atoms with Crippen molar-refractivity contribution < 1.29 is 9.59 Å². The molecule has 1 aromatic carbocycles. The molecule has 0 unspecified atom stereocenters. The number of benzene rings is 1. The van der Waals surface area contributed by atoms with Gasteiger partial charge in [0, 0.05) is 24.0 Å². The van der Waals surface area contributed by atoms with Crippen LogP contribution < -0.4 is 10.6 Å². The van der Waals surface area contributed by atoms with Gasteiger partial charge in [-0.25, -0.2) is 0 Å². The van der Waals surface area contributed by atoms with Crippen molar-refractivity contribution in [2.45, 2.75) is 25.7 Å². The normalized spacial score (nSPS) is 9.71. The quantitative estimate of drug-likeness (QED) is 0.702. The number of hydrogen-bond donors (Lipinski definition) is 2. The maximum absolute atomic E-state index is 11.7. The van der Waals surface area contributed by atoms with Crippen molar-refractivity contribution in [3.05, 3.63) is 34.3 Å². The van der Waals surface area contributed by atoms with Gasteiger partial charge < -0.3 is 10.6 Å². The van der Waals surface area contributed by atoms with Gasteiger partial charge in [0.1, 0.15) is 6.42 Å². The van der Waals surface area contributed by atoms with Crippen LogP contribution in [0, 0.1) is 11.3 Å². The Morgan fingerprint density at radius 3 is 2.48 bits per heavy atom. The van der Waals surface area contributed by atoms with Crippen LogP contribution in [0.4, 0.5) is 0 Å². The molecule has 0 atom stereocenters. The monoisotopic (exact) mass is 351 g/mol. The molecule has 6 heteroatoms. The summed E-state index contributed by atoms with van der Waals surface area (Å²) in [4.78, 5) is 22.7. The number of nitriles is 1. The second-order valence-electron chi connectivity index (χ2n) is 4.48. The van der Waals surface area contributed by atoms with E-state index in [0.29, 0.717) is 32.4 Å². The van der Waals surface area contributed by atoms with Crippen LogP contribution in [0.2, 0.25) is 0 Å². The van der Waals surface area contributed by atoms with Crippen molar-refractivity contribution in [3.63, 3.8) is 0 Å². The number of halogens is 1. The first-order chi connectivity index (χ1) is 10.1. The van der Waals surface area contributed by atoms with E-state index in [1.54, 1.807) is 6.07 Å². The van der Waals surface area contributed by atoms with Gasteiger partial charge >= 0.3 is 0 Å². The minimum absolute atomic E-state index is 0.00546. The molecule has 0 saturated heterocycles. The molecule has 2 N–H and O–H groups in total. The van der Waals surface area contributed by atoms with E-state index in [4.69, 9.17) is 5.26 Å². The number of nitrogens with one attached hydrogen (secondary N) is 2. The highest BCUT2D eigenvalue weighted by Gasteiger charge is 2.04. The smallest absolute Gasteiger partial charge is 0.234 e. The summed E-state index contributed by atoms with van der Waals surface area (Å²) < 4.78 is 1.01. The molecule has 0 heterocycles. The fraction of sp³-hybridized carbons (Fsp3) is 0.400. The minimum atomic E-state index is -0.280. The van der Waals surface area contributed by atoms with E-state index in [2.05, 4.69) is 26.6 Å². The molecule has 1 aromatic rings. The van der Waals surface area contributed by atoms with Gasteiger partial charge in [0.2, 0.25) is 11.8 Å². The van der Waals surface area contributed by atoms with Crippen molar-refractivity contribution >= 4 is 27.7 Å². The molecule has 112 valence electrons. The number of aryl methyl sites for hydroxylation is 1. The van der Waals surface area contributed by atoms with Gasteiger partial charge in [0.15, 0.2) is 0 Å². The van der Waals surface area contributed by atoms with Gasteiger partial charge in [-0.15, -0.1) is 0 Å². The van der Waals surface area contributed by atoms with E-state index >= 15 is 0 Å². The summed E-state index contributed by atoms with van der Waals surface area (Å²) in [5, 5.41) is 13.7. The maximum Gasteiger partial charge on any atom is 0.234 e. The number of amides is 2. The fourth-order valence-electron chi connectivity index (χ4n) is 1.72. The molecule has 0 saturated carbocycles. The van der Waals surface area contributed by atoms with E-state index in [-0.39, 0.29) is 18.2 Å². The lowest BCUT2D eigenvalue weighted by Gasteiger charge is -2.07. The van der Waals surface area contributed by atoms with Crippen molar-refractivity contribution in [1.29, 1.82) is 5.26 Å². The van der Waals surface area contributed by atoms with E-state index < -0.39 is 0 Å². The van der Waals surface area contributed by atoms with E-state index in [1.165, 1.54) is 0 Å². The van der Waals surface area contributed by atoms with Gasteiger partial charge in [0.05, 0.1) is 6.07 Å². The van der Waals surface area contributed by atoms with Crippen molar-refractivity contribution in [2.75, 3.05) is 13.1 Å². The average molecular weight is 352 g/mol. The Hall–Kier alpha value is -1.87. The van der Waals surface area contributed by atoms with Gasteiger partial charge in [-0.2, -0.15) is 5.26 Å². The van der Waals surface area contributed by atoms with Crippen LogP contribution in [0.5, 0.6) is 0 Å². The fourth-order valence-corrected chi connectivity index (χ4v) is 2.20. The molecule has 0 aromatic heterocycles. The van der Waals surface area contributed by atoms with Crippen LogP contribution in [0.25, 0.3) is 0 Å². The van der Waals surface area contributed by atoms with Gasteiger partial charge in [-0.1, -0.05) is 34.1 Å². The lowest BCUT2D eigenvalue weighted by molar-refractivity contribution is -0.121. The lowest BCUT2D eigenvalue weighted by atomic mass is 10.1. The summed E-state index contributed by atoms with van der Waals surface area (Å²) in [6.45, 7) is 0.979. The van der Waals surface area contributed by atoms with Gasteiger partial charge in [-0.05, 0) is 24.5 Å². The van der Waals surface area contributed by atoms with Gasteiger partial charge in [-0.3, -0.25) is 9.59 Å². The molecule has 0 aliphatic carbocycles. The Kier molecular flexibility index (Phi) is 8.14. The maximum atomic E-state index is 11.7. The highest BCUT2D eigenvalue weighted by Crippen LogP contribution is 2.17. The molecule has 0 aliphatic heterocycles. The second kappa shape index (κ2) is 9.94. The number of hydrogen-bond acceptors (Lipinski definition) is 3. The second-order valence-corrected chi connectivity index (χ2v) is 5.33. The predicted octanol–water partition coefficient (Wildman–Crippen LogP) is 1.92. The summed E-state index contributed by atoms with van der Waals surface area (Å²) in [5.74, 6) is -0.285. The molecule has 0 aliphatic rings.